The molecule has 0 radical (unpaired) electrons. The van der Waals surface area contributed by atoms with Gasteiger partial charge in [-0.3, -0.25) is 0 Å². The lowest BCUT2D eigenvalue weighted by molar-refractivity contribution is 0.0845. The molecule has 0 saturated heterocycles. The average molecular weight is 223 g/mol. The summed E-state index contributed by atoms with van der Waals surface area (Å²) in [6, 6.07) is 1.91. The predicted octanol–water partition coefficient (Wildman–Crippen LogP) is 1.83. The molecule has 0 aromatic carbocycles. The van der Waals surface area contributed by atoms with Crippen molar-refractivity contribution in [2.75, 3.05) is 30.8 Å². The van der Waals surface area contributed by atoms with Gasteiger partial charge in [-0.15, -0.1) is 0 Å². The second-order valence-electron chi connectivity index (χ2n) is 4.21. The van der Waals surface area contributed by atoms with Crippen LogP contribution in [0, 0.1) is 6.92 Å². The first-order chi connectivity index (χ1) is 7.52. The molecule has 1 aromatic rings. The Balaban J connectivity index is 2.59. The molecular weight excluding hydrogens is 202 g/mol. The number of pyridine rings is 1. The van der Waals surface area contributed by atoms with Crippen molar-refractivity contribution in [1.82, 2.24) is 4.98 Å². The Labute approximate surface area is 97.4 Å². The molecule has 2 N–H and O–H groups in total. The van der Waals surface area contributed by atoms with Crippen LogP contribution in [0.3, 0.4) is 0 Å². The number of rotatable bonds is 5. The quantitative estimate of drug-likeness (QED) is 0.827. The first-order valence-electron chi connectivity index (χ1n) is 5.56. The van der Waals surface area contributed by atoms with Crippen LogP contribution >= 0.6 is 0 Å². The van der Waals surface area contributed by atoms with E-state index in [4.69, 9.17) is 10.5 Å². The van der Waals surface area contributed by atoms with Crippen LogP contribution in [0.15, 0.2) is 12.3 Å². The molecule has 1 heterocycles. The van der Waals surface area contributed by atoms with Gasteiger partial charge in [0.25, 0.3) is 0 Å². The molecule has 0 bridgehead atoms. The first-order valence-corrected chi connectivity index (χ1v) is 5.56. The molecule has 4 heteroatoms. The lowest BCUT2D eigenvalue weighted by Crippen LogP contribution is -2.25. The minimum absolute atomic E-state index is 0.260. The maximum absolute atomic E-state index is 5.97. The van der Waals surface area contributed by atoms with Crippen LogP contribution < -0.4 is 10.6 Å². The molecule has 0 aliphatic carbocycles. The van der Waals surface area contributed by atoms with Crippen molar-refractivity contribution in [2.45, 2.75) is 26.9 Å². The van der Waals surface area contributed by atoms with Crippen molar-refractivity contribution in [3.63, 3.8) is 0 Å². The normalized spacial score (nSPS) is 10.8. The molecule has 90 valence electrons. The summed E-state index contributed by atoms with van der Waals surface area (Å²) in [6.45, 7) is 7.51. The summed E-state index contributed by atoms with van der Waals surface area (Å²) in [5.41, 5.74) is 7.77. The standard InChI is InChI=1S/C12H21N3O/c1-9(2)16-8-7-15(4)12-11(13)10(3)5-6-14-12/h5-6,9H,7-8,13H2,1-4H3. The zero-order valence-corrected chi connectivity index (χ0v) is 10.5. The SMILES string of the molecule is Cc1ccnc(N(C)CCOC(C)C)c1N. The zero-order chi connectivity index (χ0) is 12.1. The largest absolute Gasteiger partial charge is 0.396 e. The van der Waals surface area contributed by atoms with Crippen molar-refractivity contribution < 1.29 is 4.74 Å². The van der Waals surface area contributed by atoms with Gasteiger partial charge in [0, 0.05) is 19.8 Å². The molecule has 1 aromatic heterocycles. The van der Waals surface area contributed by atoms with Gasteiger partial charge in [-0.2, -0.15) is 0 Å². The average Bonchev–Trinajstić information content (AvgIpc) is 2.21. The maximum atomic E-state index is 5.97. The number of nitrogens with zero attached hydrogens (tertiary/aromatic N) is 2. The van der Waals surface area contributed by atoms with E-state index in [2.05, 4.69) is 4.98 Å². The number of likely N-dealkylation sites (N-methyl/N-ethyl adjacent to an activating group) is 1. The molecule has 0 aliphatic heterocycles. The number of anilines is 2. The van der Waals surface area contributed by atoms with Crippen LogP contribution in [0.1, 0.15) is 19.4 Å². The second kappa shape index (κ2) is 5.70. The molecule has 0 spiro atoms. The highest BCUT2D eigenvalue weighted by atomic mass is 16.5. The van der Waals surface area contributed by atoms with Gasteiger partial charge in [0.15, 0.2) is 5.82 Å². The van der Waals surface area contributed by atoms with Crippen molar-refractivity contribution in [3.8, 4) is 0 Å². The van der Waals surface area contributed by atoms with Crippen LogP contribution in [-0.4, -0.2) is 31.3 Å². The van der Waals surface area contributed by atoms with Crippen molar-refractivity contribution in [3.05, 3.63) is 17.8 Å². The highest BCUT2D eigenvalue weighted by Crippen LogP contribution is 2.21. The predicted molar refractivity (Wildman–Crippen MR) is 67.7 cm³/mol. The van der Waals surface area contributed by atoms with E-state index in [9.17, 15) is 0 Å². The number of hydrogen-bond donors (Lipinski definition) is 1. The van der Waals surface area contributed by atoms with Gasteiger partial charge in [-0.1, -0.05) is 0 Å². The van der Waals surface area contributed by atoms with Crippen LogP contribution in [0.2, 0.25) is 0 Å². The lowest BCUT2D eigenvalue weighted by atomic mass is 10.2. The molecule has 1 rings (SSSR count). The molecule has 4 nitrogen and oxygen atoms in total. The van der Waals surface area contributed by atoms with Crippen LogP contribution in [-0.2, 0) is 4.74 Å². The summed E-state index contributed by atoms with van der Waals surface area (Å²) in [6.07, 6.45) is 2.04. The van der Waals surface area contributed by atoms with Gasteiger partial charge in [-0.05, 0) is 32.4 Å². The highest BCUT2D eigenvalue weighted by Gasteiger charge is 2.08. The summed E-state index contributed by atoms with van der Waals surface area (Å²) in [5.74, 6) is 0.826. The van der Waals surface area contributed by atoms with Crippen LogP contribution in [0.25, 0.3) is 0 Å². The Morgan fingerprint density at radius 1 is 1.50 bits per heavy atom. The van der Waals surface area contributed by atoms with Gasteiger partial charge >= 0.3 is 0 Å². The fraction of sp³-hybridized carbons (Fsp3) is 0.583. The van der Waals surface area contributed by atoms with E-state index in [0.717, 1.165) is 23.6 Å². The minimum Gasteiger partial charge on any atom is -0.396 e. The van der Waals surface area contributed by atoms with E-state index >= 15 is 0 Å². The number of aromatic nitrogens is 1. The second-order valence-corrected chi connectivity index (χ2v) is 4.21. The molecule has 0 saturated carbocycles. The first kappa shape index (κ1) is 12.8. The Morgan fingerprint density at radius 3 is 2.81 bits per heavy atom. The van der Waals surface area contributed by atoms with Gasteiger partial charge in [0.05, 0.1) is 18.4 Å². The van der Waals surface area contributed by atoms with Gasteiger partial charge in [0.2, 0.25) is 0 Å². The fourth-order valence-electron chi connectivity index (χ4n) is 1.39. The number of hydrogen-bond acceptors (Lipinski definition) is 4. The molecular formula is C12H21N3O. The summed E-state index contributed by atoms with van der Waals surface area (Å²) in [4.78, 5) is 6.30. The third-order valence-electron chi connectivity index (χ3n) is 2.43. The monoisotopic (exact) mass is 223 g/mol. The Bertz CT molecular complexity index is 339. The van der Waals surface area contributed by atoms with E-state index in [0.29, 0.717) is 6.61 Å². The van der Waals surface area contributed by atoms with E-state index in [1.165, 1.54) is 0 Å². The number of aryl methyl sites for hydroxylation is 1. The van der Waals surface area contributed by atoms with E-state index in [1.54, 1.807) is 6.20 Å². The smallest absolute Gasteiger partial charge is 0.151 e. The molecule has 0 unspecified atom stereocenters. The summed E-state index contributed by atoms with van der Waals surface area (Å²) in [7, 11) is 1.97. The van der Waals surface area contributed by atoms with Gasteiger partial charge in [0.1, 0.15) is 0 Å². The maximum Gasteiger partial charge on any atom is 0.151 e. The van der Waals surface area contributed by atoms with Crippen molar-refractivity contribution in [1.29, 1.82) is 0 Å². The lowest BCUT2D eigenvalue weighted by Gasteiger charge is -2.21. The minimum atomic E-state index is 0.260. The summed E-state index contributed by atoms with van der Waals surface area (Å²) >= 11 is 0. The summed E-state index contributed by atoms with van der Waals surface area (Å²) in [5, 5.41) is 0. The van der Waals surface area contributed by atoms with Crippen molar-refractivity contribution >= 4 is 11.5 Å². The highest BCUT2D eigenvalue weighted by molar-refractivity contribution is 5.65. The molecule has 16 heavy (non-hydrogen) atoms. The van der Waals surface area contributed by atoms with E-state index < -0.39 is 0 Å². The molecule has 0 aliphatic rings. The fourth-order valence-corrected chi connectivity index (χ4v) is 1.39. The number of nitrogen functional groups attached to an aromatic ring is 1. The van der Waals surface area contributed by atoms with Crippen LogP contribution in [0.4, 0.5) is 11.5 Å². The summed E-state index contributed by atoms with van der Waals surface area (Å²) < 4.78 is 5.49. The van der Waals surface area contributed by atoms with Gasteiger partial charge < -0.3 is 15.4 Å². The zero-order valence-electron chi connectivity index (χ0n) is 10.5. The number of nitrogens with two attached hydrogens (primary N) is 1. The molecule has 0 fully saturated rings. The third kappa shape index (κ3) is 3.38. The van der Waals surface area contributed by atoms with Gasteiger partial charge in [-0.25, -0.2) is 4.98 Å². The number of ether oxygens (including phenoxy) is 1. The Hall–Kier alpha value is -1.29. The topological polar surface area (TPSA) is 51.4 Å². The van der Waals surface area contributed by atoms with Crippen LogP contribution in [0.5, 0.6) is 0 Å². The molecule has 0 amide bonds. The van der Waals surface area contributed by atoms with E-state index in [1.807, 2.05) is 38.8 Å². The van der Waals surface area contributed by atoms with Crippen molar-refractivity contribution in [2.24, 2.45) is 0 Å². The third-order valence-corrected chi connectivity index (χ3v) is 2.43. The molecule has 0 atom stereocenters. The van der Waals surface area contributed by atoms with E-state index in [-0.39, 0.29) is 6.10 Å². The Kier molecular flexibility index (Phi) is 4.55. The Morgan fingerprint density at radius 2 is 2.19 bits per heavy atom.